The van der Waals surface area contributed by atoms with Crippen LogP contribution in [0.3, 0.4) is 0 Å². The van der Waals surface area contributed by atoms with Crippen molar-refractivity contribution in [3.05, 3.63) is 101 Å². The van der Waals surface area contributed by atoms with Gasteiger partial charge in [0, 0.05) is 29.0 Å². The minimum absolute atomic E-state index is 0.183. The van der Waals surface area contributed by atoms with Crippen molar-refractivity contribution in [3.8, 4) is 0 Å². The molecule has 0 aromatic heterocycles. The number of ether oxygens (including phenoxy) is 1. The molecule has 3 aromatic carbocycles. The van der Waals surface area contributed by atoms with E-state index in [1.807, 2.05) is 36.4 Å². The summed E-state index contributed by atoms with van der Waals surface area (Å²) in [6.07, 6.45) is 2.92. The van der Waals surface area contributed by atoms with Crippen LogP contribution in [0.5, 0.6) is 0 Å². The predicted molar refractivity (Wildman–Crippen MR) is 153 cm³/mol. The number of esters is 1. The highest BCUT2D eigenvalue weighted by Gasteiger charge is 2.16. The molecule has 3 aromatic rings. The smallest absolute Gasteiger partial charge is 0.319 e. The van der Waals surface area contributed by atoms with E-state index in [1.165, 1.54) is 18.2 Å². The van der Waals surface area contributed by atoms with Gasteiger partial charge in [0.2, 0.25) is 0 Å². The van der Waals surface area contributed by atoms with Crippen molar-refractivity contribution in [2.45, 2.75) is 31.6 Å². The second kappa shape index (κ2) is 15.8. The fourth-order valence-corrected chi connectivity index (χ4v) is 4.57. The number of nitrogens with one attached hydrogen (secondary N) is 2. The van der Waals surface area contributed by atoms with E-state index in [0.29, 0.717) is 18.9 Å². The number of rotatable bonds is 14. The summed E-state index contributed by atoms with van der Waals surface area (Å²) in [4.78, 5) is 26.3. The normalized spacial score (nSPS) is 10.9. The maximum atomic E-state index is 12.3. The van der Waals surface area contributed by atoms with Crippen LogP contribution in [0, 0.1) is 0 Å². The number of amides is 2. The average molecular weight is 567 g/mol. The number of urea groups is 1. The summed E-state index contributed by atoms with van der Waals surface area (Å²) < 4.78 is 5.78. The number of carbonyl (C=O) groups is 2. The molecule has 0 aliphatic rings. The number of nitrogens with zero attached hydrogens (tertiary/aromatic N) is 1. The number of carbonyl (C=O) groups excluding carboxylic acids is 2. The van der Waals surface area contributed by atoms with Gasteiger partial charge in [0.15, 0.2) is 0 Å². The molecule has 0 spiro atoms. The molecule has 0 radical (unpaired) electrons. The number of hydrogen-bond acceptors (Lipinski definition) is 4. The molecule has 196 valence electrons. The van der Waals surface area contributed by atoms with Gasteiger partial charge in [-0.25, -0.2) is 4.79 Å². The van der Waals surface area contributed by atoms with Crippen molar-refractivity contribution in [2.75, 3.05) is 38.6 Å². The number of hydrogen-bond donors (Lipinski definition) is 2. The Kier molecular flexibility index (Phi) is 12.2. The zero-order valence-electron chi connectivity index (χ0n) is 21.4. The largest absolute Gasteiger partial charge is 0.469 e. The van der Waals surface area contributed by atoms with Gasteiger partial charge in [-0.05, 0) is 74.3 Å². The van der Waals surface area contributed by atoms with E-state index in [1.54, 1.807) is 0 Å². The zero-order valence-corrected chi connectivity index (χ0v) is 23.0. The summed E-state index contributed by atoms with van der Waals surface area (Å²) in [5.74, 6) is 0.109. The third-order valence-electron chi connectivity index (χ3n) is 6.26. The van der Waals surface area contributed by atoms with Crippen molar-refractivity contribution in [1.82, 2.24) is 10.2 Å². The number of benzene rings is 3. The molecule has 37 heavy (non-hydrogen) atoms. The van der Waals surface area contributed by atoms with Gasteiger partial charge in [0.05, 0.1) is 7.11 Å². The van der Waals surface area contributed by atoms with Crippen molar-refractivity contribution < 1.29 is 14.3 Å². The lowest BCUT2D eigenvalue weighted by molar-refractivity contribution is -0.140. The zero-order chi connectivity index (χ0) is 26.3. The summed E-state index contributed by atoms with van der Waals surface area (Å²) in [6, 6.07) is 28.5. The van der Waals surface area contributed by atoms with Gasteiger partial charge in [0.1, 0.15) is 0 Å². The Morgan fingerprint density at radius 1 is 0.838 bits per heavy atom. The fraction of sp³-hybridized carbons (Fsp3) is 0.333. The minimum Gasteiger partial charge on any atom is -0.469 e. The summed E-state index contributed by atoms with van der Waals surface area (Å²) >= 11 is 3.40. The quantitative estimate of drug-likeness (QED) is 0.174. The third-order valence-corrected chi connectivity index (χ3v) is 6.79. The molecule has 0 saturated carbocycles. The van der Waals surface area contributed by atoms with Crippen LogP contribution < -0.4 is 10.6 Å². The summed E-state index contributed by atoms with van der Waals surface area (Å²) in [6.45, 7) is 3.09. The van der Waals surface area contributed by atoms with E-state index in [9.17, 15) is 9.59 Å². The molecule has 0 heterocycles. The van der Waals surface area contributed by atoms with E-state index in [0.717, 1.165) is 49.1 Å². The van der Waals surface area contributed by atoms with Gasteiger partial charge in [-0.3, -0.25) is 4.79 Å². The van der Waals surface area contributed by atoms with Gasteiger partial charge in [-0.1, -0.05) is 76.6 Å². The van der Waals surface area contributed by atoms with E-state index in [-0.39, 0.29) is 12.0 Å². The lowest BCUT2D eigenvalue weighted by atomic mass is 9.88. The highest BCUT2D eigenvalue weighted by atomic mass is 79.9. The maximum Gasteiger partial charge on any atom is 0.319 e. The molecule has 0 atom stereocenters. The number of halogens is 1. The fourth-order valence-electron chi connectivity index (χ4n) is 4.31. The van der Waals surface area contributed by atoms with Gasteiger partial charge < -0.3 is 20.3 Å². The molecule has 0 unspecified atom stereocenters. The molecule has 2 N–H and O–H groups in total. The van der Waals surface area contributed by atoms with Gasteiger partial charge in [-0.15, -0.1) is 0 Å². The second-order valence-corrected chi connectivity index (χ2v) is 9.84. The Labute approximate surface area is 228 Å². The summed E-state index contributed by atoms with van der Waals surface area (Å²) in [5, 5.41) is 5.79. The first-order valence-electron chi connectivity index (χ1n) is 12.7. The van der Waals surface area contributed by atoms with Crippen molar-refractivity contribution in [2.24, 2.45) is 0 Å². The Morgan fingerprint density at radius 3 is 2.03 bits per heavy atom. The Balaban J connectivity index is 1.54. The topological polar surface area (TPSA) is 70.7 Å². The van der Waals surface area contributed by atoms with Crippen LogP contribution in [0.25, 0.3) is 0 Å². The van der Waals surface area contributed by atoms with Crippen LogP contribution >= 0.6 is 15.9 Å². The Bertz CT molecular complexity index is 1040. The lowest BCUT2D eigenvalue weighted by Gasteiger charge is -2.26. The van der Waals surface area contributed by atoms with E-state index in [4.69, 9.17) is 4.74 Å². The first-order chi connectivity index (χ1) is 18.0. The van der Waals surface area contributed by atoms with Crippen LogP contribution in [-0.2, 0) is 9.53 Å². The maximum absolute atomic E-state index is 12.3. The SMILES string of the molecule is COC(=O)CCCN(CCCNC(=O)Nc1ccc(Br)cc1)CCC(c1ccccc1)c1ccccc1. The first kappa shape index (κ1) is 28.4. The minimum atomic E-state index is -0.215. The van der Waals surface area contributed by atoms with Crippen LogP contribution in [0.2, 0.25) is 0 Å². The molecular formula is C30H36BrN3O3. The molecular weight excluding hydrogens is 530 g/mol. The van der Waals surface area contributed by atoms with E-state index in [2.05, 4.69) is 80.0 Å². The molecule has 0 saturated heterocycles. The molecule has 0 aliphatic carbocycles. The van der Waals surface area contributed by atoms with Crippen molar-refractivity contribution >= 4 is 33.6 Å². The van der Waals surface area contributed by atoms with Crippen LogP contribution in [0.1, 0.15) is 42.7 Å². The highest BCUT2D eigenvalue weighted by molar-refractivity contribution is 9.10. The summed E-state index contributed by atoms with van der Waals surface area (Å²) in [5.41, 5.74) is 3.35. The predicted octanol–water partition coefficient (Wildman–Crippen LogP) is 6.44. The van der Waals surface area contributed by atoms with Crippen molar-refractivity contribution in [3.63, 3.8) is 0 Å². The standard InChI is InChI=1S/C30H36BrN3O3/c1-37-29(35)14-8-21-34(22-9-20-32-30(36)33-27-17-15-26(31)16-18-27)23-19-28(24-10-4-2-5-11-24)25-12-6-3-7-13-25/h2-7,10-13,15-18,28H,8-9,14,19-23H2,1H3,(H2,32,33,36). The molecule has 0 aliphatic heterocycles. The Morgan fingerprint density at radius 2 is 1.43 bits per heavy atom. The monoisotopic (exact) mass is 565 g/mol. The number of methoxy groups -OCH3 is 1. The van der Waals surface area contributed by atoms with Crippen LogP contribution in [0.4, 0.5) is 10.5 Å². The second-order valence-electron chi connectivity index (χ2n) is 8.93. The Hall–Kier alpha value is -3.16. The molecule has 6 nitrogen and oxygen atoms in total. The van der Waals surface area contributed by atoms with Crippen LogP contribution in [0.15, 0.2) is 89.4 Å². The van der Waals surface area contributed by atoms with Gasteiger partial charge in [-0.2, -0.15) is 0 Å². The summed E-state index contributed by atoms with van der Waals surface area (Å²) in [7, 11) is 1.43. The van der Waals surface area contributed by atoms with Gasteiger partial charge >= 0.3 is 12.0 Å². The highest BCUT2D eigenvalue weighted by Crippen LogP contribution is 2.28. The van der Waals surface area contributed by atoms with Crippen molar-refractivity contribution in [1.29, 1.82) is 0 Å². The number of anilines is 1. The van der Waals surface area contributed by atoms with Crippen LogP contribution in [-0.4, -0.2) is 50.2 Å². The average Bonchev–Trinajstić information content (AvgIpc) is 2.93. The van der Waals surface area contributed by atoms with Gasteiger partial charge in [0.25, 0.3) is 0 Å². The first-order valence-corrected chi connectivity index (χ1v) is 13.5. The molecule has 7 heteroatoms. The molecule has 0 bridgehead atoms. The third kappa shape index (κ3) is 10.4. The molecule has 3 rings (SSSR count). The lowest BCUT2D eigenvalue weighted by Crippen LogP contribution is -2.34. The van der Waals surface area contributed by atoms with E-state index >= 15 is 0 Å². The molecule has 0 fully saturated rings. The van der Waals surface area contributed by atoms with E-state index < -0.39 is 0 Å². The molecule has 2 amide bonds.